The molecule has 0 spiro atoms. The van der Waals surface area contributed by atoms with Crippen molar-refractivity contribution in [2.45, 2.75) is 38.8 Å². The number of amides is 1. The first-order valence-corrected chi connectivity index (χ1v) is 7.06. The molecule has 0 radical (unpaired) electrons. The van der Waals surface area contributed by atoms with Crippen molar-refractivity contribution in [2.24, 2.45) is 0 Å². The summed E-state index contributed by atoms with van der Waals surface area (Å²) in [6.07, 6.45) is 0.198. The van der Waals surface area contributed by atoms with Crippen molar-refractivity contribution in [3.05, 3.63) is 21.4 Å². The van der Waals surface area contributed by atoms with Crippen LogP contribution in [0.4, 0.5) is 0 Å². The van der Waals surface area contributed by atoms with E-state index in [0.717, 1.165) is 16.9 Å². The molecule has 0 aromatic carbocycles. The molecule has 2 rings (SSSR count). The molecular formula is C13H17NO4S. The lowest BCUT2D eigenvalue weighted by Gasteiger charge is -2.20. The second-order valence-corrected chi connectivity index (χ2v) is 6.00. The molecule has 2 heterocycles. The zero-order valence-electron chi connectivity index (χ0n) is 10.9. The van der Waals surface area contributed by atoms with E-state index in [-0.39, 0.29) is 18.9 Å². The van der Waals surface area contributed by atoms with Crippen LogP contribution in [0.5, 0.6) is 0 Å². The van der Waals surface area contributed by atoms with E-state index in [1.165, 1.54) is 16.2 Å². The molecule has 1 saturated heterocycles. The number of rotatable bonds is 3. The normalized spacial score (nSPS) is 22.8. The largest absolute Gasteiger partial charge is 0.480 e. The lowest BCUT2D eigenvalue weighted by molar-refractivity contribution is -0.141. The third-order valence-corrected chi connectivity index (χ3v) is 4.52. The van der Waals surface area contributed by atoms with Crippen molar-refractivity contribution in [2.75, 3.05) is 6.54 Å². The van der Waals surface area contributed by atoms with Crippen LogP contribution in [-0.4, -0.2) is 45.7 Å². The highest BCUT2D eigenvalue weighted by Crippen LogP contribution is 2.27. The Labute approximate surface area is 115 Å². The van der Waals surface area contributed by atoms with Gasteiger partial charge in [-0.2, -0.15) is 0 Å². The zero-order chi connectivity index (χ0) is 14.2. The summed E-state index contributed by atoms with van der Waals surface area (Å²) >= 11 is 1.38. The number of aryl methyl sites for hydroxylation is 2. The van der Waals surface area contributed by atoms with Gasteiger partial charge in [0.25, 0.3) is 5.91 Å². The van der Waals surface area contributed by atoms with Crippen molar-refractivity contribution >= 4 is 23.2 Å². The first-order chi connectivity index (χ1) is 8.93. The number of aliphatic carboxylic acids is 1. The van der Waals surface area contributed by atoms with Gasteiger partial charge in [0.15, 0.2) is 0 Å². The second kappa shape index (κ2) is 5.30. The third-order valence-electron chi connectivity index (χ3n) is 3.44. The molecule has 19 heavy (non-hydrogen) atoms. The number of thiophene rings is 1. The highest BCUT2D eigenvalue weighted by atomic mass is 32.1. The molecule has 1 unspecified atom stereocenters. The summed E-state index contributed by atoms with van der Waals surface area (Å²) in [6.45, 7) is 4.06. The van der Waals surface area contributed by atoms with Gasteiger partial charge in [0.1, 0.15) is 6.04 Å². The van der Waals surface area contributed by atoms with Crippen LogP contribution in [0, 0.1) is 6.92 Å². The average molecular weight is 283 g/mol. The number of hydrogen-bond donors (Lipinski definition) is 2. The molecule has 0 saturated carbocycles. The summed E-state index contributed by atoms with van der Waals surface area (Å²) in [6, 6.07) is 0.904. The molecule has 6 heteroatoms. The van der Waals surface area contributed by atoms with Crippen LogP contribution in [0.25, 0.3) is 0 Å². The van der Waals surface area contributed by atoms with Crippen LogP contribution < -0.4 is 0 Å². The van der Waals surface area contributed by atoms with Crippen LogP contribution in [0.15, 0.2) is 6.07 Å². The second-order valence-electron chi connectivity index (χ2n) is 4.75. The lowest BCUT2D eigenvalue weighted by atomic mass is 10.2. The number of carboxylic acid groups (broad SMARTS) is 1. The van der Waals surface area contributed by atoms with Crippen LogP contribution in [0.2, 0.25) is 0 Å². The maximum Gasteiger partial charge on any atom is 0.326 e. The maximum atomic E-state index is 12.4. The number of carboxylic acids is 1. The molecule has 1 fully saturated rings. The molecule has 1 amide bonds. The van der Waals surface area contributed by atoms with E-state index in [1.807, 2.05) is 19.9 Å². The Morgan fingerprint density at radius 2 is 2.21 bits per heavy atom. The summed E-state index contributed by atoms with van der Waals surface area (Å²) in [5, 5.41) is 18.7. The van der Waals surface area contributed by atoms with Gasteiger partial charge < -0.3 is 15.1 Å². The van der Waals surface area contributed by atoms with Crippen LogP contribution >= 0.6 is 11.3 Å². The van der Waals surface area contributed by atoms with Gasteiger partial charge in [-0.15, -0.1) is 11.3 Å². The van der Waals surface area contributed by atoms with Gasteiger partial charge in [0.2, 0.25) is 0 Å². The molecule has 1 aromatic heterocycles. The molecule has 0 bridgehead atoms. The Morgan fingerprint density at radius 3 is 2.74 bits per heavy atom. The summed E-state index contributed by atoms with van der Waals surface area (Å²) in [5.41, 5.74) is 1.11. The fraction of sp³-hybridized carbons (Fsp3) is 0.538. The number of hydrogen-bond acceptors (Lipinski definition) is 4. The van der Waals surface area contributed by atoms with Crippen LogP contribution in [0.3, 0.4) is 0 Å². The van der Waals surface area contributed by atoms with Crippen molar-refractivity contribution in [1.82, 2.24) is 4.90 Å². The van der Waals surface area contributed by atoms with E-state index in [1.54, 1.807) is 0 Å². The molecule has 1 aromatic rings. The summed E-state index contributed by atoms with van der Waals surface area (Å²) in [7, 11) is 0. The van der Waals surface area contributed by atoms with E-state index in [0.29, 0.717) is 4.88 Å². The molecule has 2 N–H and O–H groups in total. The number of likely N-dealkylation sites (tertiary alicyclic amines) is 1. The highest BCUT2D eigenvalue weighted by Gasteiger charge is 2.39. The maximum absolute atomic E-state index is 12.4. The number of carbonyl (C=O) groups excluding carboxylic acids is 1. The Morgan fingerprint density at radius 1 is 1.53 bits per heavy atom. The molecule has 0 aliphatic carbocycles. The van der Waals surface area contributed by atoms with Crippen LogP contribution in [0.1, 0.15) is 33.5 Å². The van der Waals surface area contributed by atoms with Crippen molar-refractivity contribution in [3.8, 4) is 0 Å². The first-order valence-electron chi connectivity index (χ1n) is 6.25. The van der Waals surface area contributed by atoms with Gasteiger partial charge >= 0.3 is 5.97 Å². The lowest BCUT2D eigenvalue weighted by Crippen LogP contribution is -2.40. The molecule has 1 aliphatic rings. The zero-order valence-corrected chi connectivity index (χ0v) is 11.7. The van der Waals surface area contributed by atoms with E-state index in [9.17, 15) is 14.7 Å². The SMILES string of the molecule is CCc1cc(C(=O)N2CC(O)C[C@H]2C(=O)O)sc1C. The fourth-order valence-electron chi connectivity index (χ4n) is 2.39. The Kier molecular flexibility index (Phi) is 3.91. The number of carbonyl (C=O) groups is 2. The number of aliphatic hydroxyl groups is 1. The standard InChI is InChI=1S/C13H17NO4S/c1-3-8-4-11(19-7(8)2)12(16)14-6-9(15)5-10(14)13(17)18/h4,9-10,15H,3,5-6H2,1-2H3,(H,17,18)/t9?,10-/m0/s1. The van der Waals surface area contributed by atoms with E-state index in [4.69, 9.17) is 5.11 Å². The predicted molar refractivity (Wildman–Crippen MR) is 71.5 cm³/mol. The van der Waals surface area contributed by atoms with Gasteiger partial charge in [-0.1, -0.05) is 6.92 Å². The number of β-amino-alcohol motifs (C(OH)–C–C–N with tert-alkyl or cyclic N) is 1. The Balaban J connectivity index is 2.25. The van der Waals surface area contributed by atoms with Crippen molar-refractivity contribution in [3.63, 3.8) is 0 Å². The van der Waals surface area contributed by atoms with Crippen molar-refractivity contribution in [1.29, 1.82) is 0 Å². The molecule has 104 valence electrons. The predicted octanol–water partition coefficient (Wildman–Crippen LogP) is 1.28. The summed E-state index contributed by atoms with van der Waals surface area (Å²) in [4.78, 5) is 26.4. The summed E-state index contributed by atoms with van der Waals surface area (Å²) in [5.74, 6) is -1.36. The van der Waals surface area contributed by atoms with Gasteiger partial charge in [0, 0.05) is 17.8 Å². The molecule has 5 nitrogen and oxygen atoms in total. The minimum absolute atomic E-state index is 0.0915. The third kappa shape index (κ3) is 2.64. The van der Waals surface area contributed by atoms with Gasteiger partial charge in [0.05, 0.1) is 11.0 Å². The summed E-state index contributed by atoms with van der Waals surface area (Å²) < 4.78 is 0. The van der Waals surface area contributed by atoms with Gasteiger partial charge in [-0.25, -0.2) is 4.79 Å². The fourth-order valence-corrected chi connectivity index (χ4v) is 3.46. The van der Waals surface area contributed by atoms with E-state index in [2.05, 4.69) is 0 Å². The van der Waals surface area contributed by atoms with Gasteiger partial charge in [-0.05, 0) is 25.0 Å². The average Bonchev–Trinajstić information content (AvgIpc) is 2.91. The van der Waals surface area contributed by atoms with Gasteiger partial charge in [-0.3, -0.25) is 4.79 Å². The Hall–Kier alpha value is -1.40. The quantitative estimate of drug-likeness (QED) is 0.876. The monoisotopic (exact) mass is 283 g/mol. The number of nitrogens with zero attached hydrogens (tertiary/aromatic N) is 1. The highest BCUT2D eigenvalue weighted by molar-refractivity contribution is 7.14. The minimum Gasteiger partial charge on any atom is -0.480 e. The molecule has 2 atom stereocenters. The Bertz CT molecular complexity index is 511. The topological polar surface area (TPSA) is 77.8 Å². The van der Waals surface area contributed by atoms with Crippen LogP contribution in [-0.2, 0) is 11.2 Å². The first kappa shape index (κ1) is 14.0. The smallest absolute Gasteiger partial charge is 0.326 e. The molecular weight excluding hydrogens is 266 g/mol. The minimum atomic E-state index is -1.06. The number of aliphatic hydroxyl groups excluding tert-OH is 1. The van der Waals surface area contributed by atoms with E-state index >= 15 is 0 Å². The van der Waals surface area contributed by atoms with E-state index < -0.39 is 18.1 Å². The van der Waals surface area contributed by atoms with Crippen molar-refractivity contribution < 1.29 is 19.8 Å². The molecule has 1 aliphatic heterocycles.